The van der Waals surface area contributed by atoms with E-state index in [2.05, 4.69) is 38.1 Å². The first-order valence-electron chi connectivity index (χ1n) is 7.60. The molecule has 1 atom stereocenters. The number of carbonyl (C=O) groups excluding carboxylic acids is 1. The maximum Gasteiger partial charge on any atom is 0.257 e. The monoisotopic (exact) mass is 278 g/mol. The Morgan fingerprint density at radius 2 is 2.30 bits per heavy atom. The fraction of sp³-hybridized carbons (Fsp3) is 0.733. The molecule has 5 heteroatoms. The highest BCUT2D eigenvalue weighted by atomic mass is 16.2. The lowest BCUT2D eigenvalue weighted by atomic mass is 10.1. The average molecular weight is 278 g/mol. The van der Waals surface area contributed by atoms with E-state index in [1.54, 1.807) is 6.20 Å². The van der Waals surface area contributed by atoms with Crippen molar-refractivity contribution in [2.24, 2.45) is 5.92 Å². The van der Waals surface area contributed by atoms with E-state index >= 15 is 0 Å². The second-order valence-electron chi connectivity index (χ2n) is 6.04. The molecule has 0 saturated carbocycles. The van der Waals surface area contributed by atoms with E-state index < -0.39 is 0 Å². The molecule has 0 aliphatic carbocycles. The van der Waals surface area contributed by atoms with Crippen LogP contribution in [0.15, 0.2) is 6.20 Å². The molecule has 0 spiro atoms. The fourth-order valence-corrected chi connectivity index (χ4v) is 2.75. The van der Waals surface area contributed by atoms with Gasteiger partial charge in [-0.25, -0.2) is 0 Å². The predicted octanol–water partition coefficient (Wildman–Crippen LogP) is 1.54. The van der Waals surface area contributed by atoms with Crippen molar-refractivity contribution in [3.8, 4) is 0 Å². The van der Waals surface area contributed by atoms with Gasteiger partial charge in [-0.3, -0.25) is 9.48 Å². The van der Waals surface area contributed by atoms with Crippen LogP contribution in [-0.2, 0) is 13.0 Å². The van der Waals surface area contributed by atoms with Gasteiger partial charge in [-0.2, -0.15) is 5.10 Å². The molecule has 1 amide bonds. The quantitative estimate of drug-likeness (QED) is 0.909. The van der Waals surface area contributed by atoms with Crippen molar-refractivity contribution >= 4 is 5.91 Å². The predicted molar refractivity (Wildman–Crippen MR) is 79.8 cm³/mol. The van der Waals surface area contributed by atoms with Crippen LogP contribution in [0.3, 0.4) is 0 Å². The summed E-state index contributed by atoms with van der Waals surface area (Å²) in [5.74, 6) is 0.660. The molecule has 1 saturated heterocycles. The first-order chi connectivity index (χ1) is 9.52. The van der Waals surface area contributed by atoms with Crippen molar-refractivity contribution in [2.45, 2.75) is 46.7 Å². The van der Waals surface area contributed by atoms with E-state index in [0.29, 0.717) is 12.0 Å². The van der Waals surface area contributed by atoms with Crippen LogP contribution in [0.25, 0.3) is 0 Å². The Balaban J connectivity index is 2.19. The molecule has 112 valence electrons. The van der Waals surface area contributed by atoms with E-state index in [1.807, 2.05) is 9.58 Å². The maximum atomic E-state index is 12.7. The third kappa shape index (κ3) is 3.20. The van der Waals surface area contributed by atoms with Crippen molar-refractivity contribution in [3.05, 3.63) is 17.5 Å². The smallest absolute Gasteiger partial charge is 0.257 e. The van der Waals surface area contributed by atoms with E-state index in [4.69, 9.17) is 0 Å². The van der Waals surface area contributed by atoms with E-state index in [-0.39, 0.29) is 5.91 Å². The second kappa shape index (κ2) is 6.39. The van der Waals surface area contributed by atoms with E-state index in [1.165, 1.54) is 0 Å². The fourth-order valence-electron chi connectivity index (χ4n) is 2.75. The zero-order valence-electron chi connectivity index (χ0n) is 13.0. The lowest BCUT2D eigenvalue weighted by Gasteiger charge is -2.31. The standard InChI is InChI=1S/C15H26N4O/c1-5-14-13(8-17-19(14)9-11(2)3)15(20)18-7-6-16-12(4)10-18/h8,11-12,16H,5-7,9-10H2,1-4H3/t12-/m1/s1. The number of hydrogen-bond acceptors (Lipinski definition) is 3. The summed E-state index contributed by atoms with van der Waals surface area (Å²) in [7, 11) is 0. The number of nitrogens with one attached hydrogen (secondary N) is 1. The van der Waals surface area contributed by atoms with Gasteiger partial charge in [-0.1, -0.05) is 20.8 Å². The molecule has 0 aromatic carbocycles. The molecule has 0 unspecified atom stereocenters. The van der Waals surface area contributed by atoms with Gasteiger partial charge < -0.3 is 10.2 Å². The summed E-state index contributed by atoms with van der Waals surface area (Å²) < 4.78 is 1.99. The van der Waals surface area contributed by atoms with Crippen LogP contribution < -0.4 is 5.32 Å². The summed E-state index contributed by atoms with van der Waals surface area (Å²) >= 11 is 0. The van der Waals surface area contributed by atoms with Crippen LogP contribution in [-0.4, -0.2) is 46.3 Å². The molecule has 1 aromatic rings. The Kier molecular flexibility index (Phi) is 4.81. The van der Waals surface area contributed by atoms with Gasteiger partial charge in [0.2, 0.25) is 0 Å². The van der Waals surface area contributed by atoms with Crippen LogP contribution >= 0.6 is 0 Å². The highest BCUT2D eigenvalue weighted by Gasteiger charge is 2.25. The molecular weight excluding hydrogens is 252 g/mol. The molecule has 1 fully saturated rings. The van der Waals surface area contributed by atoms with Gasteiger partial charge in [0.25, 0.3) is 5.91 Å². The Morgan fingerprint density at radius 3 is 2.90 bits per heavy atom. The molecule has 5 nitrogen and oxygen atoms in total. The summed E-state index contributed by atoms with van der Waals surface area (Å²) in [6, 6.07) is 0.364. The molecule has 2 rings (SSSR count). The Bertz CT molecular complexity index is 466. The van der Waals surface area contributed by atoms with Gasteiger partial charge >= 0.3 is 0 Å². The van der Waals surface area contributed by atoms with E-state index in [9.17, 15) is 4.79 Å². The minimum atomic E-state index is 0.130. The number of hydrogen-bond donors (Lipinski definition) is 1. The molecule has 1 N–H and O–H groups in total. The first kappa shape index (κ1) is 15.0. The maximum absolute atomic E-state index is 12.7. The zero-order chi connectivity index (χ0) is 14.7. The van der Waals surface area contributed by atoms with Gasteiger partial charge in [0.05, 0.1) is 17.5 Å². The third-order valence-electron chi connectivity index (χ3n) is 3.71. The largest absolute Gasteiger partial charge is 0.336 e. The molecule has 1 aromatic heterocycles. The Labute approximate surface area is 121 Å². The Morgan fingerprint density at radius 1 is 1.55 bits per heavy atom. The number of nitrogens with zero attached hydrogens (tertiary/aromatic N) is 3. The van der Waals surface area contributed by atoms with Crippen molar-refractivity contribution in [2.75, 3.05) is 19.6 Å². The summed E-state index contributed by atoms with van der Waals surface area (Å²) in [5.41, 5.74) is 1.84. The topological polar surface area (TPSA) is 50.2 Å². The van der Waals surface area contributed by atoms with Crippen molar-refractivity contribution < 1.29 is 4.79 Å². The van der Waals surface area contributed by atoms with Gasteiger partial charge in [-0.05, 0) is 19.3 Å². The van der Waals surface area contributed by atoms with Gasteiger partial charge in [0, 0.05) is 32.2 Å². The van der Waals surface area contributed by atoms with Crippen molar-refractivity contribution in [1.82, 2.24) is 20.0 Å². The molecule has 20 heavy (non-hydrogen) atoms. The molecule has 1 aliphatic heterocycles. The summed E-state index contributed by atoms with van der Waals surface area (Å²) in [5, 5.41) is 7.78. The minimum Gasteiger partial charge on any atom is -0.336 e. The van der Waals surface area contributed by atoms with Crippen LogP contribution in [0.4, 0.5) is 0 Å². The van der Waals surface area contributed by atoms with Gasteiger partial charge in [-0.15, -0.1) is 0 Å². The van der Waals surface area contributed by atoms with Crippen LogP contribution in [0.5, 0.6) is 0 Å². The van der Waals surface area contributed by atoms with Crippen LogP contribution in [0.1, 0.15) is 43.7 Å². The van der Waals surface area contributed by atoms with Crippen LogP contribution in [0, 0.1) is 5.92 Å². The second-order valence-corrected chi connectivity index (χ2v) is 6.04. The molecule has 0 bridgehead atoms. The average Bonchev–Trinajstić information content (AvgIpc) is 2.79. The number of amides is 1. The van der Waals surface area contributed by atoms with Crippen molar-refractivity contribution in [3.63, 3.8) is 0 Å². The molecule has 2 heterocycles. The number of piperazine rings is 1. The van der Waals surface area contributed by atoms with Gasteiger partial charge in [0.15, 0.2) is 0 Å². The lowest BCUT2D eigenvalue weighted by molar-refractivity contribution is 0.0707. The SMILES string of the molecule is CCc1c(C(=O)N2CCN[C@H](C)C2)cnn1CC(C)C. The summed E-state index contributed by atoms with van der Waals surface area (Å²) in [4.78, 5) is 14.6. The molecule has 1 aliphatic rings. The number of rotatable bonds is 4. The Hall–Kier alpha value is -1.36. The first-order valence-corrected chi connectivity index (χ1v) is 7.60. The summed E-state index contributed by atoms with van der Waals surface area (Å²) in [6.45, 7) is 11.8. The molecule has 0 radical (unpaired) electrons. The van der Waals surface area contributed by atoms with Crippen molar-refractivity contribution in [1.29, 1.82) is 0 Å². The highest BCUT2D eigenvalue weighted by Crippen LogP contribution is 2.15. The lowest BCUT2D eigenvalue weighted by Crippen LogP contribution is -2.51. The third-order valence-corrected chi connectivity index (χ3v) is 3.71. The van der Waals surface area contributed by atoms with Crippen LogP contribution in [0.2, 0.25) is 0 Å². The van der Waals surface area contributed by atoms with E-state index in [0.717, 1.165) is 43.9 Å². The highest BCUT2D eigenvalue weighted by molar-refractivity contribution is 5.95. The summed E-state index contributed by atoms with van der Waals surface area (Å²) in [6.07, 6.45) is 2.59. The minimum absolute atomic E-state index is 0.130. The number of carbonyl (C=O) groups is 1. The number of aromatic nitrogens is 2. The zero-order valence-corrected chi connectivity index (χ0v) is 13.0. The normalized spacial score (nSPS) is 19.6. The van der Waals surface area contributed by atoms with Gasteiger partial charge in [0.1, 0.15) is 0 Å². The molecular formula is C15H26N4O.